The molecule has 3 N–H and O–H groups in total. The molecule has 7 heteroatoms. The van der Waals surface area contributed by atoms with Crippen molar-refractivity contribution in [2.45, 2.75) is 37.7 Å². The van der Waals surface area contributed by atoms with Crippen molar-refractivity contribution in [3.8, 4) is 0 Å². The van der Waals surface area contributed by atoms with Gasteiger partial charge in [0.25, 0.3) is 0 Å². The van der Waals surface area contributed by atoms with Gasteiger partial charge in [-0.05, 0) is 17.6 Å². The molecule has 0 aliphatic carbocycles. The van der Waals surface area contributed by atoms with Gasteiger partial charge in [0, 0.05) is 12.3 Å². The standard InChI is InChI=1S/C20H24N2O4S/c1-2-3-4-8-11-15-13-27-18(22-16(15)19(23)24)17(20(25)26)21-12-14-9-6-5-7-10-14/h4-11,17-18,21H,2-3,12-13H2,1H3,(H,23,24)(H,25,26)/b8-4+,15-11?. The Morgan fingerprint density at radius 2 is 2.07 bits per heavy atom. The third-order valence-electron chi connectivity index (χ3n) is 3.98. The van der Waals surface area contributed by atoms with Crippen LogP contribution < -0.4 is 5.32 Å². The number of aliphatic carboxylic acids is 2. The zero-order valence-electron chi connectivity index (χ0n) is 15.2. The van der Waals surface area contributed by atoms with Gasteiger partial charge in [0.15, 0.2) is 0 Å². The van der Waals surface area contributed by atoms with Crippen LogP contribution in [0.3, 0.4) is 0 Å². The van der Waals surface area contributed by atoms with Gasteiger partial charge in [-0.25, -0.2) is 4.79 Å². The molecule has 27 heavy (non-hydrogen) atoms. The van der Waals surface area contributed by atoms with Gasteiger partial charge in [0.1, 0.15) is 17.1 Å². The fourth-order valence-electron chi connectivity index (χ4n) is 2.56. The number of rotatable bonds is 9. The second-order valence-electron chi connectivity index (χ2n) is 6.08. The van der Waals surface area contributed by atoms with Crippen molar-refractivity contribution in [2.75, 3.05) is 5.75 Å². The molecule has 2 unspecified atom stereocenters. The van der Waals surface area contributed by atoms with Gasteiger partial charge in [0.2, 0.25) is 0 Å². The van der Waals surface area contributed by atoms with Crippen LogP contribution in [0.4, 0.5) is 0 Å². The first-order chi connectivity index (χ1) is 13.0. The molecule has 0 saturated carbocycles. The van der Waals surface area contributed by atoms with Gasteiger partial charge in [-0.1, -0.05) is 61.9 Å². The zero-order chi connectivity index (χ0) is 19.6. The third-order valence-corrected chi connectivity index (χ3v) is 5.18. The van der Waals surface area contributed by atoms with E-state index in [9.17, 15) is 19.8 Å². The molecule has 0 aromatic heterocycles. The summed E-state index contributed by atoms with van der Waals surface area (Å²) in [4.78, 5) is 27.5. The molecule has 0 saturated heterocycles. The van der Waals surface area contributed by atoms with Crippen LogP contribution >= 0.6 is 11.8 Å². The van der Waals surface area contributed by atoms with Crippen LogP contribution in [-0.2, 0) is 16.1 Å². The number of hydrogen-bond acceptors (Lipinski definition) is 5. The molecule has 1 heterocycles. The largest absolute Gasteiger partial charge is 0.480 e. The second kappa shape index (κ2) is 10.7. The highest BCUT2D eigenvalue weighted by Gasteiger charge is 2.33. The summed E-state index contributed by atoms with van der Waals surface area (Å²) in [5.74, 6) is -1.78. The number of carboxylic acid groups (broad SMARTS) is 2. The van der Waals surface area contributed by atoms with Crippen molar-refractivity contribution in [3.05, 3.63) is 59.7 Å². The van der Waals surface area contributed by atoms with Gasteiger partial charge in [-0.3, -0.25) is 15.1 Å². The van der Waals surface area contributed by atoms with E-state index in [-0.39, 0.29) is 5.71 Å². The minimum Gasteiger partial charge on any atom is -0.480 e. The van der Waals surface area contributed by atoms with E-state index in [4.69, 9.17) is 0 Å². The maximum absolute atomic E-state index is 11.7. The molecule has 2 rings (SSSR count). The van der Waals surface area contributed by atoms with Gasteiger partial charge in [-0.2, -0.15) is 0 Å². The van der Waals surface area contributed by atoms with Crippen LogP contribution in [0.5, 0.6) is 0 Å². The van der Waals surface area contributed by atoms with E-state index in [1.54, 1.807) is 6.08 Å². The van der Waals surface area contributed by atoms with Crippen molar-refractivity contribution >= 4 is 29.4 Å². The summed E-state index contributed by atoms with van der Waals surface area (Å²) in [6.07, 6.45) is 7.50. The maximum atomic E-state index is 11.7. The summed E-state index contributed by atoms with van der Waals surface area (Å²) in [5, 5.41) is 21.3. The smallest absolute Gasteiger partial charge is 0.354 e. The van der Waals surface area contributed by atoms with Crippen molar-refractivity contribution in [3.63, 3.8) is 0 Å². The molecule has 0 spiro atoms. The molecule has 0 fully saturated rings. The lowest BCUT2D eigenvalue weighted by molar-refractivity contribution is -0.139. The SMILES string of the molecule is CCC/C=C/C=C1CSC(C(NCc2ccccc2)C(=O)O)N=C1C(=O)O. The molecule has 1 aliphatic heterocycles. The number of nitrogens with zero attached hydrogens (tertiary/aromatic N) is 1. The molecular weight excluding hydrogens is 364 g/mol. The lowest BCUT2D eigenvalue weighted by Gasteiger charge is -2.26. The highest BCUT2D eigenvalue weighted by molar-refractivity contribution is 8.00. The topological polar surface area (TPSA) is 99.0 Å². The first-order valence-corrected chi connectivity index (χ1v) is 9.86. The molecular formula is C20H24N2O4S. The number of carboxylic acids is 2. The predicted molar refractivity (Wildman–Crippen MR) is 108 cm³/mol. The van der Waals surface area contributed by atoms with Gasteiger partial charge < -0.3 is 10.2 Å². The number of benzene rings is 1. The fraction of sp³-hybridized carbons (Fsp3) is 0.350. The number of hydrogen-bond donors (Lipinski definition) is 3. The number of carbonyl (C=O) groups is 2. The van der Waals surface area contributed by atoms with Crippen LogP contribution in [0.2, 0.25) is 0 Å². The summed E-state index contributed by atoms with van der Waals surface area (Å²) in [7, 11) is 0. The van der Waals surface area contributed by atoms with Crippen LogP contribution in [0.25, 0.3) is 0 Å². The Kier molecular flexibility index (Phi) is 8.29. The minimum absolute atomic E-state index is 0.0624. The van der Waals surface area contributed by atoms with E-state index in [1.165, 1.54) is 11.8 Å². The van der Waals surface area contributed by atoms with Gasteiger partial charge in [0.05, 0.1) is 0 Å². The van der Waals surface area contributed by atoms with E-state index >= 15 is 0 Å². The van der Waals surface area contributed by atoms with Crippen LogP contribution in [-0.4, -0.2) is 45.0 Å². The van der Waals surface area contributed by atoms with Gasteiger partial charge >= 0.3 is 11.9 Å². The molecule has 0 radical (unpaired) electrons. The Hall–Kier alpha value is -2.38. The Morgan fingerprint density at radius 1 is 1.33 bits per heavy atom. The Balaban J connectivity index is 2.15. The predicted octanol–water partition coefficient (Wildman–Crippen LogP) is 3.11. The number of aliphatic imine (C=N–C) groups is 1. The lowest BCUT2D eigenvalue weighted by atomic mass is 10.1. The molecule has 0 amide bonds. The van der Waals surface area contributed by atoms with Crippen LogP contribution in [0, 0.1) is 0 Å². The zero-order valence-corrected chi connectivity index (χ0v) is 16.0. The highest BCUT2D eigenvalue weighted by Crippen LogP contribution is 2.27. The molecule has 2 atom stereocenters. The summed E-state index contributed by atoms with van der Waals surface area (Å²) in [6, 6.07) is 8.48. The van der Waals surface area contributed by atoms with E-state index in [0.29, 0.717) is 17.9 Å². The lowest BCUT2D eigenvalue weighted by Crippen LogP contribution is -2.45. The molecule has 0 bridgehead atoms. The van der Waals surface area contributed by atoms with Crippen LogP contribution in [0.1, 0.15) is 25.3 Å². The molecule has 1 aromatic rings. The van der Waals surface area contributed by atoms with Crippen molar-refractivity contribution in [1.29, 1.82) is 0 Å². The first kappa shape index (κ1) is 20.9. The van der Waals surface area contributed by atoms with E-state index in [0.717, 1.165) is 18.4 Å². The van der Waals surface area contributed by atoms with E-state index in [1.807, 2.05) is 42.5 Å². The average Bonchev–Trinajstić information content (AvgIpc) is 2.66. The summed E-state index contributed by atoms with van der Waals surface area (Å²) >= 11 is 1.33. The molecule has 6 nitrogen and oxygen atoms in total. The second-order valence-corrected chi connectivity index (χ2v) is 7.18. The summed E-state index contributed by atoms with van der Waals surface area (Å²) < 4.78 is 0. The number of thioether (sulfide) groups is 1. The number of nitrogens with one attached hydrogen (secondary N) is 1. The van der Waals surface area contributed by atoms with Crippen molar-refractivity contribution < 1.29 is 19.8 Å². The normalized spacial score (nSPS) is 19.8. The molecule has 1 aliphatic rings. The highest BCUT2D eigenvalue weighted by atomic mass is 32.2. The Morgan fingerprint density at radius 3 is 2.70 bits per heavy atom. The quantitative estimate of drug-likeness (QED) is 0.601. The van der Waals surface area contributed by atoms with E-state index in [2.05, 4.69) is 17.2 Å². The minimum atomic E-state index is -1.14. The first-order valence-electron chi connectivity index (χ1n) is 8.81. The Labute approximate surface area is 163 Å². The molecule has 1 aromatic carbocycles. The maximum Gasteiger partial charge on any atom is 0.354 e. The molecule has 144 valence electrons. The van der Waals surface area contributed by atoms with Crippen molar-refractivity contribution in [1.82, 2.24) is 5.32 Å². The van der Waals surface area contributed by atoms with Crippen LogP contribution in [0.15, 0.2) is 59.1 Å². The Bertz CT molecular complexity index is 744. The summed E-state index contributed by atoms with van der Waals surface area (Å²) in [5.41, 5.74) is 1.49. The monoisotopic (exact) mass is 388 g/mol. The van der Waals surface area contributed by atoms with Gasteiger partial charge in [-0.15, -0.1) is 11.8 Å². The summed E-state index contributed by atoms with van der Waals surface area (Å²) in [6.45, 7) is 2.44. The number of unbranched alkanes of at least 4 members (excludes halogenated alkanes) is 1. The van der Waals surface area contributed by atoms with E-state index < -0.39 is 23.4 Å². The van der Waals surface area contributed by atoms with Crippen molar-refractivity contribution in [2.24, 2.45) is 4.99 Å². The third kappa shape index (κ3) is 6.37. The number of allylic oxidation sites excluding steroid dienone is 3. The average molecular weight is 388 g/mol. The fourth-order valence-corrected chi connectivity index (χ4v) is 3.73.